The molecule has 1 aliphatic carbocycles. The number of hydrogen-bond donors (Lipinski definition) is 1. The molecular weight excluding hydrogens is 404 g/mol. The van der Waals surface area contributed by atoms with Crippen molar-refractivity contribution in [2.75, 3.05) is 0 Å². The van der Waals surface area contributed by atoms with E-state index in [1.54, 1.807) is 0 Å². The van der Waals surface area contributed by atoms with E-state index in [0.717, 1.165) is 32.1 Å². The molecule has 0 radical (unpaired) electrons. The average molecular weight is 420 g/mol. The number of halogens is 4. The Morgan fingerprint density at radius 1 is 0.821 bits per heavy atom. The molecule has 0 amide bonds. The normalized spacial score (nSPS) is 15.5. The van der Waals surface area contributed by atoms with Crippen LogP contribution in [0.5, 0.6) is 17.2 Å². The van der Waals surface area contributed by atoms with Gasteiger partial charge in [-0.1, -0.05) is 6.42 Å². The molecule has 0 bridgehead atoms. The van der Waals surface area contributed by atoms with E-state index in [2.05, 4.69) is 0 Å². The van der Waals surface area contributed by atoms with Crippen LogP contribution in [0.3, 0.4) is 0 Å². The zero-order chi connectivity index (χ0) is 20.5. The van der Waals surface area contributed by atoms with Crippen LogP contribution in [-0.2, 0) is 10.1 Å². The van der Waals surface area contributed by atoms with Gasteiger partial charge in [0.2, 0.25) is 17.4 Å². The molecule has 0 aliphatic heterocycles. The molecule has 1 N–H and O–H groups in total. The van der Waals surface area contributed by atoms with E-state index in [1.807, 2.05) is 0 Å². The molecule has 0 spiro atoms. The maximum absolute atomic E-state index is 14.0. The first-order chi connectivity index (χ1) is 13.2. The quantitative estimate of drug-likeness (QED) is 0.419. The topological polar surface area (TPSA) is 72.8 Å². The Balaban J connectivity index is 1.84. The Kier molecular flexibility index (Phi) is 5.80. The van der Waals surface area contributed by atoms with Gasteiger partial charge in [0.15, 0.2) is 16.5 Å². The molecule has 0 aromatic heterocycles. The molecule has 1 saturated carbocycles. The summed E-state index contributed by atoms with van der Waals surface area (Å²) in [5.41, 5.74) is 0. The van der Waals surface area contributed by atoms with E-state index in [4.69, 9.17) is 14.0 Å². The van der Waals surface area contributed by atoms with Crippen LogP contribution >= 0.6 is 0 Å². The van der Waals surface area contributed by atoms with Crippen LogP contribution < -0.4 is 9.47 Å². The molecule has 3 rings (SSSR count). The summed E-state index contributed by atoms with van der Waals surface area (Å²) in [6.45, 7) is 0. The lowest BCUT2D eigenvalue weighted by Crippen LogP contribution is -2.19. The lowest BCUT2D eigenvalue weighted by atomic mass is 9.98. The zero-order valence-electron chi connectivity index (χ0n) is 14.4. The predicted octanol–water partition coefficient (Wildman–Crippen LogP) is 4.99. The fraction of sp³-hybridized carbons (Fsp3) is 0.333. The summed E-state index contributed by atoms with van der Waals surface area (Å²) in [6, 6.07) is 5.51. The van der Waals surface area contributed by atoms with Gasteiger partial charge in [0.1, 0.15) is 11.5 Å². The summed E-state index contributed by atoms with van der Waals surface area (Å²) >= 11 is 0. The number of ether oxygens (including phenoxy) is 2. The van der Waals surface area contributed by atoms with Crippen LogP contribution in [-0.4, -0.2) is 19.1 Å². The molecule has 1 aliphatic rings. The van der Waals surface area contributed by atoms with Crippen molar-refractivity contribution in [1.82, 2.24) is 0 Å². The van der Waals surface area contributed by atoms with Crippen molar-refractivity contribution in [2.45, 2.75) is 43.1 Å². The summed E-state index contributed by atoms with van der Waals surface area (Å²) in [5, 5.41) is 0. The second-order valence-electron chi connectivity index (χ2n) is 6.34. The molecule has 2 aromatic rings. The van der Waals surface area contributed by atoms with Gasteiger partial charge in [-0.2, -0.15) is 17.2 Å². The SMILES string of the molecule is O=S(=O)(O)c1c(F)c(F)c(Oc2ccc(OC3CCCCC3)cc2)c(F)c1F. The first kappa shape index (κ1) is 20.4. The number of rotatable bonds is 5. The number of hydrogen-bond acceptors (Lipinski definition) is 4. The third-order valence-electron chi connectivity index (χ3n) is 4.34. The molecular formula is C18H16F4O5S. The molecule has 0 atom stereocenters. The van der Waals surface area contributed by atoms with Gasteiger partial charge in [-0.15, -0.1) is 0 Å². The summed E-state index contributed by atoms with van der Waals surface area (Å²) < 4.78 is 96.9. The molecule has 152 valence electrons. The van der Waals surface area contributed by atoms with E-state index in [1.165, 1.54) is 24.3 Å². The minimum Gasteiger partial charge on any atom is -0.490 e. The standard InChI is InChI=1S/C18H16F4O5S/c19-13-15(21)18(28(23,24)25)16(22)14(20)17(13)27-12-8-6-11(7-9-12)26-10-4-2-1-3-5-10/h6-10H,1-5H2,(H,23,24,25). The first-order valence-electron chi connectivity index (χ1n) is 8.46. The lowest BCUT2D eigenvalue weighted by Gasteiger charge is -2.23. The van der Waals surface area contributed by atoms with Crippen molar-refractivity contribution in [3.8, 4) is 17.2 Å². The Morgan fingerprint density at radius 3 is 1.82 bits per heavy atom. The minimum atomic E-state index is -5.52. The van der Waals surface area contributed by atoms with Crippen molar-refractivity contribution in [3.63, 3.8) is 0 Å². The van der Waals surface area contributed by atoms with Gasteiger partial charge in [-0.3, -0.25) is 4.55 Å². The highest BCUT2D eigenvalue weighted by Crippen LogP contribution is 2.35. The molecule has 1 fully saturated rings. The van der Waals surface area contributed by atoms with E-state index in [9.17, 15) is 26.0 Å². The van der Waals surface area contributed by atoms with Gasteiger partial charge in [0.05, 0.1) is 6.10 Å². The second-order valence-corrected chi connectivity index (χ2v) is 7.70. The average Bonchev–Trinajstić information content (AvgIpc) is 2.65. The molecule has 10 heteroatoms. The third kappa shape index (κ3) is 4.22. The monoisotopic (exact) mass is 420 g/mol. The van der Waals surface area contributed by atoms with Crippen LogP contribution in [0, 0.1) is 23.3 Å². The summed E-state index contributed by atoms with van der Waals surface area (Å²) in [6.07, 6.45) is 5.22. The molecule has 0 saturated heterocycles. The van der Waals surface area contributed by atoms with E-state index < -0.39 is 44.0 Å². The van der Waals surface area contributed by atoms with Crippen LogP contribution in [0.25, 0.3) is 0 Å². The lowest BCUT2D eigenvalue weighted by molar-refractivity contribution is 0.155. The van der Waals surface area contributed by atoms with E-state index in [-0.39, 0.29) is 11.9 Å². The van der Waals surface area contributed by atoms with Gasteiger partial charge in [-0.25, -0.2) is 8.78 Å². The van der Waals surface area contributed by atoms with Gasteiger partial charge in [0.25, 0.3) is 0 Å². The van der Waals surface area contributed by atoms with Gasteiger partial charge < -0.3 is 9.47 Å². The maximum Gasteiger partial charge on any atom is 0.300 e. The Morgan fingerprint density at radius 2 is 1.32 bits per heavy atom. The van der Waals surface area contributed by atoms with Crippen LogP contribution in [0.15, 0.2) is 29.2 Å². The van der Waals surface area contributed by atoms with Crippen LogP contribution in [0.2, 0.25) is 0 Å². The molecule has 0 unspecified atom stereocenters. The van der Waals surface area contributed by atoms with Gasteiger partial charge >= 0.3 is 10.1 Å². The molecule has 2 aromatic carbocycles. The highest BCUT2D eigenvalue weighted by molar-refractivity contribution is 7.85. The highest BCUT2D eigenvalue weighted by atomic mass is 32.2. The fourth-order valence-electron chi connectivity index (χ4n) is 2.99. The molecule has 28 heavy (non-hydrogen) atoms. The van der Waals surface area contributed by atoms with E-state index >= 15 is 0 Å². The highest BCUT2D eigenvalue weighted by Gasteiger charge is 2.33. The minimum absolute atomic E-state index is 0.0755. The van der Waals surface area contributed by atoms with Crippen LogP contribution in [0.4, 0.5) is 17.6 Å². The van der Waals surface area contributed by atoms with Crippen molar-refractivity contribution >= 4 is 10.1 Å². The Hall–Kier alpha value is -2.33. The van der Waals surface area contributed by atoms with Gasteiger partial charge in [-0.05, 0) is 49.9 Å². The van der Waals surface area contributed by atoms with E-state index in [0.29, 0.717) is 5.75 Å². The summed E-state index contributed by atoms with van der Waals surface area (Å²) in [7, 11) is -5.52. The second kappa shape index (κ2) is 7.96. The smallest absolute Gasteiger partial charge is 0.300 e. The summed E-state index contributed by atoms with van der Waals surface area (Å²) in [5.74, 6) is -9.87. The zero-order valence-corrected chi connectivity index (χ0v) is 15.2. The summed E-state index contributed by atoms with van der Waals surface area (Å²) in [4.78, 5) is -2.12. The molecule has 0 heterocycles. The van der Waals surface area contributed by atoms with Crippen LogP contribution in [0.1, 0.15) is 32.1 Å². The van der Waals surface area contributed by atoms with Crippen molar-refractivity contribution in [1.29, 1.82) is 0 Å². The van der Waals surface area contributed by atoms with Gasteiger partial charge in [0, 0.05) is 0 Å². The van der Waals surface area contributed by atoms with Crippen molar-refractivity contribution in [2.24, 2.45) is 0 Å². The Labute approximate surface area is 158 Å². The third-order valence-corrected chi connectivity index (χ3v) is 5.21. The predicted molar refractivity (Wildman–Crippen MR) is 90.1 cm³/mol. The number of benzene rings is 2. The maximum atomic E-state index is 14.0. The molecule has 5 nitrogen and oxygen atoms in total. The first-order valence-corrected chi connectivity index (χ1v) is 9.90. The largest absolute Gasteiger partial charge is 0.490 e. The van der Waals surface area contributed by atoms with Crippen molar-refractivity contribution < 1.29 is 40.0 Å². The van der Waals surface area contributed by atoms with Crippen molar-refractivity contribution in [3.05, 3.63) is 47.5 Å². The Bertz CT molecular complexity index is 941. The fourth-order valence-corrected chi connectivity index (χ4v) is 3.62.